The van der Waals surface area contributed by atoms with Crippen molar-refractivity contribution in [2.45, 2.75) is 51.6 Å². The van der Waals surface area contributed by atoms with Gasteiger partial charge in [0.05, 0.1) is 6.10 Å². The van der Waals surface area contributed by atoms with Gasteiger partial charge in [-0.1, -0.05) is 32.9 Å². The molecule has 2 rings (SSSR count). The fourth-order valence-electron chi connectivity index (χ4n) is 2.58. The van der Waals surface area contributed by atoms with E-state index < -0.39 is 0 Å². The third kappa shape index (κ3) is 3.26. The minimum Gasteiger partial charge on any atom is -0.490 e. The first kappa shape index (κ1) is 13.4. The van der Waals surface area contributed by atoms with Gasteiger partial charge < -0.3 is 10.5 Å². The standard InChI is InChI=1S/C16H25NO/c1-16(2,3)13-5-8-14(9-6-13)18-15-7-4-12(10-15)11-17/h5-6,8-9,12,15H,4,7,10-11,17H2,1-3H3. The van der Waals surface area contributed by atoms with Crippen LogP contribution < -0.4 is 10.5 Å². The molecule has 0 bridgehead atoms. The number of nitrogens with two attached hydrogens (primary N) is 1. The molecular weight excluding hydrogens is 222 g/mol. The molecule has 2 unspecified atom stereocenters. The first-order valence-electron chi connectivity index (χ1n) is 6.96. The predicted molar refractivity (Wildman–Crippen MR) is 76.0 cm³/mol. The number of ether oxygens (including phenoxy) is 1. The van der Waals surface area contributed by atoms with E-state index in [0.29, 0.717) is 12.0 Å². The Hall–Kier alpha value is -1.02. The zero-order valence-corrected chi connectivity index (χ0v) is 11.8. The Morgan fingerprint density at radius 1 is 1.17 bits per heavy atom. The number of hydrogen-bond acceptors (Lipinski definition) is 2. The minimum atomic E-state index is 0.205. The maximum atomic E-state index is 6.02. The molecule has 1 aromatic rings. The Kier molecular flexibility index (Phi) is 3.96. The topological polar surface area (TPSA) is 35.2 Å². The summed E-state index contributed by atoms with van der Waals surface area (Å²) in [6, 6.07) is 8.53. The summed E-state index contributed by atoms with van der Waals surface area (Å²) < 4.78 is 6.02. The predicted octanol–water partition coefficient (Wildman–Crippen LogP) is 3.49. The molecule has 0 aliphatic heterocycles. The molecule has 1 aromatic carbocycles. The van der Waals surface area contributed by atoms with Crippen molar-refractivity contribution in [3.05, 3.63) is 29.8 Å². The van der Waals surface area contributed by atoms with Crippen LogP contribution in [0.2, 0.25) is 0 Å². The summed E-state index contributed by atoms with van der Waals surface area (Å²) >= 11 is 0. The average molecular weight is 247 g/mol. The van der Waals surface area contributed by atoms with Crippen molar-refractivity contribution < 1.29 is 4.74 Å². The molecular formula is C16H25NO. The number of benzene rings is 1. The van der Waals surface area contributed by atoms with Crippen molar-refractivity contribution in [3.63, 3.8) is 0 Å². The highest BCUT2D eigenvalue weighted by molar-refractivity contribution is 5.31. The molecule has 0 spiro atoms. The second-order valence-electron chi connectivity index (χ2n) is 6.43. The monoisotopic (exact) mass is 247 g/mol. The SMILES string of the molecule is CC(C)(C)c1ccc(OC2CCC(CN)C2)cc1. The second kappa shape index (κ2) is 5.31. The van der Waals surface area contributed by atoms with E-state index in [4.69, 9.17) is 10.5 Å². The van der Waals surface area contributed by atoms with Crippen LogP contribution in [-0.2, 0) is 5.41 Å². The van der Waals surface area contributed by atoms with Crippen LogP contribution in [0.15, 0.2) is 24.3 Å². The van der Waals surface area contributed by atoms with Crippen LogP contribution in [0.5, 0.6) is 5.75 Å². The van der Waals surface area contributed by atoms with Crippen molar-refractivity contribution in [3.8, 4) is 5.75 Å². The quantitative estimate of drug-likeness (QED) is 0.887. The van der Waals surface area contributed by atoms with E-state index in [0.717, 1.165) is 25.1 Å². The molecule has 0 aromatic heterocycles. The second-order valence-corrected chi connectivity index (χ2v) is 6.43. The number of hydrogen-bond donors (Lipinski definition) is 1. The Bertz CT molecular complexity index is 377. The molecule has 100 valence electrons. The summed E-state index contributed by atoms with van der Waals surface area (Å²) in [7, 11) is 0. The van der Waals surface area contributed by atoms with Crippen molar-refractivity contribution in [2.24, 2.45) is 11.7 Å². The third-order valence-corrected chi connectivity index (χ3v) is 3.85. The lowest BCUT2D eigenvalue weighted by molar-refractivity contribution is 0.204. The van der Waals surface area contributed by atoms with Gasteiger partial charge >= 0.3 is 0 Å². The summed E-state index contributed by atoms with van der Waals surface area (Å²) in [6.07, 6.45) is 3.82. The maximum Gasteiger partial charge on any atom is 0.119 e. The molecule has 2 N–H and O–H groups in total. The molecule has 2 nitrogen and oxygen atoms in total. The lowest BCUT2D eigenvalue weighted by Gasteiger charge is -2.20. The molecule has 2 atom stereocenters. The van der Waals surface area contributed by atoms with E-state index in [1.165, 1.54) is 12.0 Å². The number of rotatable bonds is 3. The third-order valence-electron chi connectivity index (χ3n) is 3.85. The summed E-state index contributed by atoms with van der Waals surface area (Å²) in [5.74, 6) is 1.65. The molecule has 2 heteroatoms. The van der Waals surface area contributed by atoms with Crippen molar-refractivity contribution in [1.82, 2.24) is 0 Å². The van der Waals surface area contributed by atoms with Gasteiger partial charge in [0.25, 0.3) is 0 Å². The van der Waals surface area contributed by atoms with Crippen LogP contribution in [0.4, 0.5) is 0 Å². The molecule has 1 aliphatic carbocycles. The van der Waals surface area contributed by atoms with Gasteiger partial charge in [0.2, 0.25) is 0 Å². The van der Waals surface area contributed by atoms with Crippen LogP contribution in [-0.4, -0.2) is 12.6 Å². The Labute approximate surface area is 111 Å². The van der Waals surface area contributed by atoms with E-state index in [1.54, 1.807) is 0 Å². The summed E-state index contributed by atoms with van der Waals surface area (Å²) in [6.45, 7) is 7.48. The van der Waals surface area contributed by atoms with Gasteiger partial charge in [0, 0.05) is 0 Å². The molecule has 0 heterocycles. The van der Waals surface area contributed by atoms with E-state index in [2.05, 4.69) is 45.0 Å². The maximum absolute atomic E-state index is 6.02. The lowest BCUT2D eigenvalue weighted by Crippen LogP contribution is -2.16. The summed E-state index contributed by atoms with van der Waals surface area (Å²) in [5.41, 5.74) is 7.25. The zero-order valence-electron chi connectivity index (χ0n) is 11.8. The van der Waals surface area contributed by atoms with Crippen molar-refractivity contribution in [1.29, 1.82) is 0 Å². The van der Waals surface area contributed by atoms with E-state index in [9.17, 15) is 0 Å². The Morgan fingerprint density at radius 2 is 1.83 bits per heavy atom. The van der Waals surface area contributed by atoms with Gasteiger partial charge in [-0.3, -0.25) is 0 Å². The van der Waals surface area contributed by atoms with Crippen molar-refractivity contribution >= 4 is 0 Å². The fourth-order valence-corrected chi connectivity index (χ4v) is 2.58. The first-order chi connectivity index (χ1) is 8.49. The zero-order chi connectivity index (χ0) is 13.2. The van der Waals surface area contributed by atoms with Crippen LogP contribution in [0.3, 0.4) is 0 Å². The van der Waals surface area contributed by atoms with Gasteiger partial charge in [-0.15, -0.1) is 0 Å². The highest BCUT2D eigenvalue weighted by Gasteiger charge is 2.25. The summed E-state index contributed by atoms with van der Waals surface area (Å²) in [5, 5.41) is 0. The molecule has 0 saturated heterocycles. The van der Waals surface area contributed by atoms with E-state index >= 15 is 0 Å². The Morgan fingerprint density at radius 3 is 2.33 bits per heavy atom. The molecule has 0 radical (unpaired) electrons. The van der Waals surface area contributed by atoms with Crippen molar-refractivity contribution in [2.75, 3.05) is 6.54 Å². The largest absolute Gasteiger partial charge is 0.490 e. The van der Waals surface area contributed by atoms with Gasteiger partial charge in [0.15, 0.2) is 0 Å². The van der Waals surface area contributed by atoms with Gasteiger partial charge in [-0.25, -0.2) is 0 Å². The molecule has 1 saturated carbocycles. The molecule has 18 heavy (non-hydrogen) atoms. The Balaban J connectivity index is 1.95. The molecule has 1 fully saturated rings. The molecule has 0 amide bonds. The van der Waals surface area contributed by atoms with Gasteiger partial charge in [-0.05, 0) is 54.8 Å². The lowest BCUT2D eigenvalue weighted by atomic mass is 9.87. The highest BCUT2D eigenvalue weighted by atomic mass is 16.5. The smallest absolute Gasteiger partial charge is 0.119 e. The van der Waals surface area contributed by atoms with E-state index in [-0.39, 0.29) is 5.41 Å². The average Bonchev–Trinajstić information content (AvgIpc) is 2.76. The van der Waals surface area contributed by atoms with E-state index in [1.807, 2.05) is 0 Å². The first-order valence-corrected chi connectivity index (χ1v) is 6.96. The fraction of sp³-hybridized carbons (Fsp3) is 0.625. The van der Waals surface area contributed by atoms with Crippen LogP contribution in [0, 0.1) is 5.92 Å². The van der Waals surface area contributed by atoms with Gasteiger partial charge in [-0.2, -0.15) is 0 Å². The van der Waals surface area contributed by atoms with Gasteiger partial charge in [0.1, 0.15) is 5.75 Å². The molecule has 1 aliphatic rings. The highest BCUT2D eigenvalue weighted by Crippen LogP contribution is 2.30. The van der Waals surface area contributed by atoms with Crippen LogP contribution >= 0.6 is 0 Å². The normalized spacial score (nSPS) is 24.2. The van der Waals surface area contributed by atoms with Crippen LogP contribution in [0.1, 0.15) is 45.6 Å². The summed E-state index contributed by atoms with van der Waals surface area (Å²) in [4.78, 5) is 0. The minimum absolute atomic E-state index is 0.205. The van der Waals surface area contributed by atoms with Crippen LogP contribution in [0.25, 0.3) is 0 Å².